The maximum atomic E-state index is 10.9. The molecule has 0 aliphatic carbocycles. The molecule has 1 aromatic rings. The van der Waals surface area contributed by atoms with Gasteiger partial charge in [-0.15, -0.1) is 0 Å². The molecule has 0 bridgehead atoms. The molecule has 1 rings (SSSR count). The van der Waals surface area contributed by atoms with E-state index in [1.807, 2.05) is 0 Å². The van der Waals surface area contributed by atoms with Crippen molar-refractivity contribution in [2.24, 2.45) is 0 Å². The van der Waals surface area contributed by atoms with Gasteiger partial charge in [0, 0.05) is 12.7 Å². The third-order valence-electron chi connectivity index (χ3n) is 1.66. The van der Waals surface area contributed by atoms with Crippen LogP contribution < -0.4 is 0 Å². The molecule has 0 N–H and O–H groups in total. The number of benzene rings is 1. The van der Waals surface area contributed by atoms with Crippen LogP contribution in [-0.4, -0.2) is 19.2 Å². The van der Waals surface area contributed by atoms with E-state index in [1.54, 1.807) is 31.4 Å². The van der Waals surface area contributed by atoms with Crippen LogP contribution in [0.15, 0.2) is 24.3 Å². The zero-order valence-electron chi connectivity index (χ0n) is 7.32. The summed E-state index contributed by atoms with van der Waals surface area (Å²) in [5, 5.41) is 0. The van der Waals surface area contributed by atoms with Crippen LogP contribution in [0.25, 0.3) is 0 Å². The van der Waals surface area contributed by atoms with E-state index in [0.29, 0.717) is 18.5 Å². The molecule has 13 heavy (non-hydrogen) atoms. The highest BCUT2D eigenvalue weighted by molar-refractivity contribution is 6.33. The van der Waals surface area contributed by atoms with Gasteiger partial charge in [-0.3, -0.25) is 9.59 Å². The van der Waals surface area contributed by atoms with Gasteiger partial charge in [0.05, 0.1) is 6.61 Å². The van der Waals surface area contributed by atoms with Crippen LogP contribution in [-0.2, 0) is 16.1 Å². The molecule has 0 aliphatic rings. The van der Waals surface area contributed by atoms with Gasteiger partial charge in [-0.25, -0.2) is 0 Å². The quantitative estimate of drug-likeness (QED) is 0.395. The SMILES string of the molecule is COCc1ccc(C(=O)C=O)cc1. The Morgan fingerprint density at radius 2 is 2.00 bits per heavy atom. The molecule has 0 aromatic heterocycles. The molecule has 0 heterocycles. The lowest BCUT2D eigenvalue weighted by Crippen LogP contribution is -1.99. The largest absolute Gasteiger partial charge is 0.380 e. The lowest BCUT2D eigenvalue weighted by molar-refractivity contribution is -0.104. The number of hydrogen-bond donors (Lipinski definition) is 0. The molecule has 0 atom stereocenters. The van der Waals surface area contributed by atoms with Crippen LogP contribution in [0.4, 0.5) is 0 Å². The van der Waals surface area contributed by atoms with Crippen LogP contribution in [0.1, 0.15) is 15.9 Å². The summed E-state index contributed by atoms with van der Waals surface area (Å²) < 4.78 is 4.90. The molecular weight excluding hydrogens is 168 g/mol. The molecule has 0 unspecified atom stereocenters. The molecule has 0 spiro atoms. The first kappa shape index (κ1) is 9.61. The normalized spacial score (nSPS) is 9.62. The highest BCUT2D eigenvalue weighted by Crippen LogP contribution is 2.05. The Bertz CT molecular complexity index is 300. The summed E-state index contributed by atoms with van der Waals surface area (Å²) in [4.78, 5) is 21.0. The Labute approximate surface area is 76.3 Å². The maximum absolute atomic E-state index is 10.9. The minimum atomic E-state index is -0.496. The van der Waals surface area contributed by atoms with Crippen LogP contribution in [0.3, 0.4) is 0 Å². The van der Waals surface area contributed by atoms with Crippen molar-refractivity contribution in [2.45, 2.75) is 6.61 Å². The standard InChI is InChI=1S/C10H10O3/c1-13-7-8-2-4-9(5-3-8)10(12)6-11/h2-6H,7H2,1H3. The van der Waals surface area contributed by atoms with E-state index in [9.17, 15) is 9.59 Å². The van der Waals surface area contributed by atoms with Gasteiger partial charge < -0.3 is 4.74 Å². The third kappa shape index (κ3) is 2.49. The molecule has 0 fully saturated rings. The molecule has 0 amide bonds. The maximum Gasteiger partial charge on any atom is 0.225 e. The van der Waals surface area contributed by atoms with E-state index in [2.05, 4.69) is 0 Å². The first-order valence-corrected chi connectivity index (χ1v) is 3.85. The van der Waals surface area contributed by atoms with E-state index in [0.717, 1.165) is 5.56 Å². The van der Waals surface area contributed by atoms with E-state index < -0.39 is 5.78 Å². The van der Waals surface area contributed by atoms with Crippen LogP contribution in [0.2, 0.25) is 0 Å². The number of ketones is 1. The minimum absolute atomic E-state index is 0.311. The molecule has 0 radical (unpaired) electrons. The van der Waals surface area contributed by atoms with Crippen molar-refractivity contribution in [3.63, 3.8) is 0 Å². The lowest BCUT2D eigenvalue weighted by Gasteiger charge is -1.99. The first-order chi connectivity index (χ1) is 6.27. The average molecular weight is 178 g/mol. The second-order valence-corrected chi connectivity index (χ2v) is 2.61. The van der Waals surface area contributed by atoms with Crippen molar-refractivity contribution in [3.05, 3.63) is 35.4 Å². The predicted molar refractivity (Wildman–Crippen MR) is 47.5 cm³/mol. The van der Waals surface area contributed by atoms with E-state index >= 15 is 0 Å². The number of carbonyl (C=O) groups is 2. The van der Waals surface area contributed by atoms with Crippen molar-refractivity contribution >= 4 is 12.1 Å². The second kappa shape index (κ2) is 4.52. The van der Waals surface area contributed by atoms with Crippen molar-refractivity contribution in [1.82, 2.24) is 0 Å². The summed E-state index contributed by atoms with van der Waals surface area (Å²) in [5.74, 6) is -0.496. The fraction of sp³-hybridized carbons (Fsp3) is 0.200. The zero-order valence-corrected chi connectivity index (χ0v) is 7.32. The molecule has 0 saturated heterocycles. The second-order valence-electron chi connectivity index (χ2n) is 2.61. The Kier molecular flexibility index (Phi) is 3.34. The van der Waals surface area contributed by atoms with Gasteiger partial charge in [0.1, 0.15) is 0 Å². The minimum Gasteiger partial charge on any atom is -0.380 e. The van der Waals surface area contributed by atoms with Crippen LogP contribution >= 0.6 is 0 Å². The van der Waals surface area contributed by atoms with Gasteiger partial charge in [-0.1, -0.05) is 24.3 Å². The van der Waals surface area contributed by atoms with Gasteiger partial charge >= 0.3 is 0 Å². The van der Waals surface area contributed by atoms with Crippen molar-refractivity contribution in [2.75, 3.05) is 7.11 Å². The first-order valence-electron chi connectivity index (χ1n) is 3.85. The summed E-state index contributed by atoms with van der Waals surface area (Å²) in [6.45, 7) is 0.509. The molecule has 1 aromatic carbocycles. The number of ether oxygens (including phenoxy) is 1. The topological polar surface area (TPSA) is 43.4 Å². The summed E-state index contributed by atoms with van der Waals surface area (Å²) in [6, 6.07) is 6.76. The molecule has 0 saturated carbocycles. The number of carbonyl (C=O) groups excluding carboxylic acids is 2. The number of Topliss-reactive ketones (excluding diaryl/α,β-unsaturated/α-hetero) is 1. The third-order valence-corrected chi connectivity index (χ3v) is 1.66. The molecule has 0 aliphatic heterocycles. The molecule has 3 nitrogen and oxygen atoms in total. The summed E-state index contributed by atoms with van der Waals surface area (Å²) >= 11 is 0. The van der Waals surface area contributed by atoms with Crippen molar-refractivity contribution < 1.29 is 14.3 Å². The average Bonchev–Trinajstić information content (AvgIpc) is 2.18. The molecular formula is C10H10O3. The monoisotopic (exact) mass is 178 g/mol. The molecule has 68 valence electrons. The number of methoxy groups -OCH3 is 1. The summed E-state index contributed by atoms with van der Waals surface area (Å²) in [7, 11) is 1.60. The Balaban J connectivity index is 2.80. The highest BCUT2D eigenvalue weighted by atomic mass is 16.5. The van der Waals surface area contributed by atoms with Gasteiger partial charge in [0.25, 0.3) is 0 Å². The van der Waals surface area contributed by atoms with E-state index in [-0.39, 0.29) is 0 Å². The fourth-order valence-electron chi connectivity index (χ4n) is 1.000. The van der Waals surface area contributed by atoms with Gasteiger partial charge in [-0.05, 0) is 5.56 Å². The van der Waals surface area contributed by atoms with E-state index in [4.69, 9.17) is 4.74 Å². The van der Waals surface area contributed by atoms with Gasteiger partial charge in [0.15, 0.2) is 6.29 Å². The van der Waals surface area contributed by atoms with Crippen molar-refractivity contribution in [3.8, 4) is 0 Å². The van der Waals surface area contributed by atoms with Crippen molar-refractivity contribution in [1.29, 1.82) is 0 Å². The fourth-order valence-corrected chi connectivity index (χ4v) is 1.000. The predicted octanol–water partition coefficient (Wildman–Crippen LogP) is 1.21. The van der Waals surface area contributed by atoms with Crippen LogP contribution in [0.5, 0.6) is 0 Å². The Morgan fingerprint density at radius 1 is 1.38 bits per heavy atom. The zero-order chi connectivity index (χ0) is 9.68. The van der Waals surface area contributed by atoms with Gasteiger partial charge in [-0.2, -0.15) is 0 Å². The summed E-state index contributed by atoms with van der Waals surface area (Å²) in [6.07, 6.45) is 0.311. The Morgan fingerprint density at radius 3 is 2.46 bits per heavy atom. The summed E-state index contributed by atoms with van der Waals surface area (Å²) in [5.41, 5.74) is 1.39. The molecule has 3 heteroatoms. The number of aldehydes is 1. The van der Waals surface area contributed by atoms with E-state index in [1.165, 1.54) is 0 Å². The highest BCUT2D eigenvalue weighted by Gasteiger charge is 2.02. The smallest absolute Gasteiger partial charge is 0.225 e. The number of rotatable bonds is 4. The van der Waals surface area contributed by atoms with Gasteiger partial charge in [0.2, 0.25) is 5.78 Å². The Hall–Kier alpha value is -1.48. The lowest BCUT2D eigenvalue weighted by atomic mass is 10.1. The van der Waals surface area contributed by atoms with Crippen LogP contribution in [0, 0.1) is 0 Å². The number of hydrogen-bond acceptors (Lipinski definition) is 3.